The zero-order valence-corrected chi connectivity index (χ0v) is 8.13. The highest BCUT2D eigenvalue weighted by atomic mass is 16.5. The van der Waals surface area contributed by atoms with Gasteiger partial charge in [0.15, 0.2) is 0 Å². The van der Waals surface area contributed by atoms with Gasteiger partial charge in [-0.2, -0.15) is 0 Å². The molecule has 0 radical (unpaired) electrons. The van der Waals surface area contributed by atoms with E-state index < -0.39 is 0 Å². The van der Waals surface area contributed by atoms with Crippen molar-refractivity contribution in [1.82, 2.24) is 0 Å². The van der Waals surface area contributed by atoms with Crippen LogP contribution in [0.2, 0.25) is 0 Å². The molecule has 0 aliphatic heterocycles. The Morgan fingerprint density at radius 3 is 2.50 bits per heavy atom. The van der Waals surface area contributed by atoms with Crippen molar-refractivity contribution < 1.29 is 14.3 Å². The van der Waals surface area contributed by atoms with Gasteiger partial charge in [-0.1, -0.05) is 13.8 Å². The van der Waals surface area contributed by atoms with E-state index in [0.717, 1.165) is 6.42 Å². The number of ether oxygens (including phenoxy) is 2. The van der Waals surface area contributed by atoms with Crippen molar-refractivity contribution in [3.05, 3.63) is 0 Å². The van der Waals surface area contributed by atoms with Gasteiger partial charge in [0.2, 0.25) is 0 Å². The monoisotopic (exact) mass is 174 g/mol. The Balaban J connectivity index is 3.20. The first-order valence-electron chi connectivity index (χ1n) is 4.31. The maximum absolute atomic E-state index is 10.9. The average molecular weight is 174 g/mol. The molecule has 12 heavy (non-hydrogen) atoms. The summed E-state index contributed by atoms with van der Waals surface area (Å²) in [5, 5.41) is 0. The van der Waals surface area contributed by atoms with Crippen LogP contribution in [0.15, 0.2) is 0 Å². The molecule has 0 aromatic heterocycles. The van der Waals surface area contributed by atoms with E-state index in [2.05, 4.69) is 13.8 Å². The molecule has 0 aliphatic carbocycles. The summed E-state index contributed by atoms with van der Waals surface area (Å²) < 4.78 is 9.68. The van der Waals surface area contributed by atoms with Gasteiger partial charge in [-0.3, -0.25) is 4.79 Å². The maximum atomic E-state index is 10.9. The maximum Gasteiger partial charge on any atom is 0.308 e. The van der Waals surface area contributed by atoms with E-state index in [1.807, 2.05) is 0 Å². The predicted molar refractivity (Wildman–Crippen MR) is 46.9 cm³/mol. The molecular weight excluding hydrogens is 156 g/mol. The van der Waals surface area contributed by atoms with E-state index in [1.165, 1.54) is 0 Å². The molecule has 0 heterocycles. The lowest BCUT2D eigenvalue weighted by molar-refractivity contribution is -0.144. The molecule has 0 rings (SSSR count). The summed E-state index contributed by atoms with van der Waals surface area (Å²) in [6.45, 7) is 5.17. The average Bonchev–Trinajstić information content (AvgIpc) is 2.00. The highest BCUT2D eigenvalue weighted by Crippen LogP contribution is 1.99. The van der Waals surface area contributed by atoms with Gasteiger partial charge in [0.25, 0.3) is 0 Å². The fourth-order valence-corrected chi connectivity index (χ4v) is 0.666. The number of rotatable bonds is 6. The van der Waals surface area contributed by atoms with Crippen molar-refractivity contribution >= 4 is 5.97 Å². The molecular formula is C9H18O3. The Bertz CT molecular complexity index is 121. The molecule has 72 valence electrons. The lowest BCUT2D eigenvalue weighted by Gasteiger charge is -2.05. The van der Waals surface area contributed by atoms with Crippen molar-refractivity contribution in [3.8, 4) is 0 Å². The smallest absolute Gasteiger partial charge is 0.308 e. The highest BCUT2D eigenvalue weighted by Gasteiger charge is 2.02. The van der Waals surface area contributed by atoms with Crippen LogP contribution < -0.4 is 0 Å². The first-order chi connectivity index (χ1) is 5.66. The van der Waals surface area contributed by atoms with E-state index >= 15 is 0 Å². The van der Waals surface area contributed by atoms with Gasteiger partial charge in [0.1, 0.15) is 0 Å². The fraction of sp³-hybridized carbons (Fsp3) is 0.889. The molecule has 0 amide bonds. The van der Waals surface area contributed by atoms with Gasteiger partial charge in [-0.05, 0) is 12.3 Å². The van der Waals surface area contributed by atoms with Gasteiger partial charge in [-0.25, -0.2) is 0 Å². The van der Waals surface area contributed by atoms with Crippen LogP contribution in [-0.2, 0) is 14.3 Å². The summed E-state index contributed by atoms with van der Waals surface area (Å²) in [6.07, 6.45) is 1.29. The third kappa shape index (κ3) is 7.54. The predicted octanol–water partition coefficient (Wildman–Crippen LogP) is 1.61. The van der Waals surface area contributed by atoms with E-state index in [0.29, 0.717) is 25.6 Å². The van der Waals surface area contributed by atoms with Crippen molar-refractivity contribution in [3.63, 3.8) is 0 Å². The van der Waals surface area contributed by atoms with Crippen molar-refractivity contribution in [2.45, 2.75) is 26.7 Å². The molecule has 3 nitrogen and oxygen atoms in total. The molecule has 0 spiro atoms. The zero-order valence-electron chi connectivity index (χ0n) is 8.13. The van der Waals surface area contributed by atoms with Crippen LogP contribution in [0.25, 0.3) is 0 Å². The number of methoxy groups -OCH3 is 1. The molecule has 0 saturated carbocycles. The van der Waals surface area contributed by atoms with Gasteiger partial charge in [-0.15, -0.1) is 0 Å². The molecule has 3 heteroatoms. The van der Waals surface area contributed by atoms with Crippen LogP contribution in [0.5, 0.6) is 0 Å². The summed E-state index contributed by atoms with van der Waals surface area (Å²) in [4.78, 5) is 10.9. The molecule has 0 atom stereocenters. The Kier molecular flexibility index (Phi) is 6.76. The van der Waals surface area contributed by atoms with Crippen LogP contribution in [0, 0.1) is 5.92 Å². The summed E-state index contributed by atoms with van der Waals surface area (Å²) in [7, 11) is 1.57. The van der Waals surface area contributed by atoms with E-state index in [9.17, 15) is 4.79 Å². The first kappa shape index (κ1) is 11.4. The number of esters is 1. The molecule has 0 N–H and O–H groups in total. The van der Waals surface area contributed by atoms with Crippen molar-refractivity contribution in [2.24, 2.45) is 5.92 Å². The Hall–Kier alpha value is -0.570. The Labute approximate surface area is 74.0 Å². The summed E-state index contributed by atoms with van der Waals surface area (Å²) >= 11 is 0. The Morgan fingerprint density at radius 2 is 2.00 bits per heavy atom. The minimum absolute atomic E-state index is 0.169. The number of hydrogen-bond acceptors (Lipinski definition) is 3. The zero-order chi connectivity index (χ0) is 9.40. The molecule has 0 aromatic carbocycles. The van der Waals surface area contributed by atoms with Gasteiger partial charge in [0, 0.05) is 7.11 Å². The number of hydrogen-bond donors (Lipinski definition) is 0. The van der Waals surface area contributed by atoms with Gasteiger partial charge < -0.3 is 9.47 Å². The molecule has 0 aliphatic rings. The fourth-order valence-electron chi connectivity index (χ4n) is 0.666. The third-order valence-electron chi connectivity index (χ3n) is 1.47. The summed E-state index contributed by atoms with van der Waals surface area (Å²) in [5.41, 5.74) is 0. The Morgan fingerprint density at radius 1 is 1.33 bits per heavy atom. The van der Waals surface area contributed by atoms with Crippen molar-refractivity contribution in [2.75, 3.05) is 20.3 Å². The topological polar surface area (TPSA) is 35.5 Å². The van der Waals surface area contributed by atoms with Crippen LogP contribution in [0.4, 0.5) is 0 Å². The number of carbonyl (C=O) groups is 1. The molecule has 0 unspecified atom stereocenters. The highest BCUT2D eigenvalue weighted by molar-refractivity contribution is 5.69. The molecule has 0 fully saturated rings. The van der Waals surface area contributed by atoms with E-state index in [-0.39, 0.29) is 5.97 Å². The lowest BCUT2D eigenvalue weighted by Crippen LogP contribution is -2.09. The standard InChI is InChI=1S/C9H18O3/c1-8(2)4-7-12-9(10)5-6-11-3/h8H,4-7H2,1-3H3. The third-order valence-corrected chi connectivity index (χ3v) is 1.47. The molecule has 0 aromatic rings. The van der Waals surface area contributed by atoms with Gasteiger partial charge in [0.05, 0.1) is 19.6 Å². The van der Waals surface area contributed by atoms with Gasteiger partial charge >= 0.3 is 5.97 Å². The van der Waals surface area contributed by atoms with Crippen LogP contribution in [0.3, 0.4) is 0 Å². The van der Waals surface area contributed by atoms with Crippen LogP contribution >= 0.6 is 0 Å². The number of carbonyl (C=O) groups excluding carboxylic acids is 1. The second-order valence-electron chi connectivity index (χ2n) is 3.15. The molecule has 0 saturated heterocycles. The second-order valence-corrected chi connectivity index (χ2v) is 3.15. The quantitative estimate of drug-likeness (QED) is 0.574. The van der Waals surface area contributed by atoms with E-state index in [1.54, 1.807) is 7.11 Å². The second kappa shape index (κ2) is 7.10. The van der Waals surface area contributed by atoms with E-state index in [4.69, 9.17) is 9.47 Å². The van der Waals surface area contributed by atoms with Crippen LogP contribution in [0.1, 0.15) is 26.7 Å². The van der Waals surface area contributed by atoms with Crippen molar-refractivity contribution in [1.29, 1.82) is 0 Å². The van der Waals surface area contributed by atoms with Crippen LogP contribution in [-0.4, -0.2) is 26.3 Å². The summed E-state index contributed by atoms with van der Waals surface area (Å²) in [5.74, 6) is 0.415. The lowest BCUT2D eigenvalue weighted by atomic mass is 10.1. The SMILES string of the molecule is COCCC(=O)OCCC(C)C. The molecule has 0 bridgehead atoms. The normalized spacial score (nSPS) is 10.3. The largest absolute Gasteiger partial charge is 0.466 e. The minimum atomic E-state index is -0.169. The summed E-state index contributed by atoms with van der Waals surface area (Å²) in [6, 6.07) is 0. The minimum Gasteiger partial charge on any atom is -0.466 e. The first-order valence-corrected chi connectivity index (χ1v) is 4.31.